The molecule has 3 N–H and O–H groups in total. The molecule has 0 radical (unpaired) electrons. The van der Waals surface area contributed by atoms with Crippen molar-refractivity contribution in [3.8, 4) is 11.5 Å². The molecule has 0 unspecified atom stereocenters. The number of carbonyl (C=O) groups excluding carboxylic acids is 1. The first kappa shape index (κ1) is 21.0. The lowest BCUT2D eigenvalue weighted by Gasteiger charge is -2.29. The van der Waals surface area contributed by atoms with Gasteiger partial charge in [-0.2, -0.15) is 8.78 Å². The molecule has 0 bridgehead atoms. The number of methoxy groups -OCH3 is 1. The largest absolute Gasteiger partial charge is 0.497 e. The molecule has 0 aliphatic carbocycles. The van der Waals surface area contributed by atoms with E-state index in [9.17, 15) is 13.6 Å². The summed E-state index contributed by atoms with van der Waals surface area (Å²) in [4.78, 5) is 15.0. The topological polar surface area (TPSA) is 56.4 Å². The van der Waals surface area contributed by atoms with Gasteiger partial charge in [-0.05, 0) is 48.5 Å². The summed E-state index contributed by atoms with van der Waals surface area (Å²) in [7, 11) is 1.66. The van der Waals surface area contributed by atoms with Crippen molar-refractivity contribution in [1.82, 2.24) is 0 Å². The van der Waals surface area contributed by atoms with Crippen molar-refractivity contribution < 1.29 is 32.8 Å². The SMILES string of the molecule is COc1ccc(C[NH+]2CC[NH+](CC(=O)Nc3ccc(OC(F)F)cc3)CC2)cc1. The van der Waals surface area contributed by atoms with Gasteiger partial charge in [-0.25, -0.2) is 0 Å². The molecule has 0 atom stereocenters. The molecule has 8 heteroatoms. The average Bonchev–Trinajstić information content (AvgIpc) is 2.71. The Balaban J connectivity index is 1.40. The fourth-order valence-electron chi connectivity index (χ4n) is 3.49. The van der Waals surface area contributed by atoms with Crippen molar-refractivity contribution in [2.24, 2.45) is 0 Å². The van der Waals surface area contributed by atoms with Crippen LogP contribution >= 0.6 is 0 Å². The van der Waals surface area contributed by atoms with Gasteiger partial charge in [0.25, 0.3) is 5.91 Å². The molecule has 1 fully saturated rings. The summed E-state index contributed by atoms with van der Waals surface area (Å²) in [5.74, 6) is 0.848. The number of rotatable bonds is 8. The molecule has 1 aliphatic rings. The first-order valence-corrected chi connectivity index (χ1v) is 9.66. The van der Waals surface area contributed by atoms with Crippen molar-refractivity contribution in [3.05, 3.63) is 54.1 Å². The Morgan fingerprint density at radius 2 is 1.55 bits per heavy atom. The van der Waals surface area contributed by atoms with Gasteiger partial charge in [0.15, 0.2) is 6.54 Å². The van der Waals surface area contributed by atoms with E-state index in [-0.39, 0.29) is 11.7 Å². The number of anilines is 1. The van der Waals surface area contributed by atoms with E-state index < -0.39 is 6.61 Å². The standard InChI is InChI=1S/C21H25F2N3O3/c1-28-18-6-2-16(3-7-18)14-25-10-12-26(13-11-25)15-20(27)24-17-4-8-19(9-5-17)29-21(22)23/h2-9,21H,10-15H2,1H3,(H,24,27)/p+2. The molecule has 2 aromatic rings. The van der Waals surface area contributed by atoms with Crippen LogP contribution in [0.5, 0.6) is 11.5 Å². The molecule has 1 saturated heterocycles. The zero-order valence-electron chi connectivity index (χ0n) is 16.4. The normalized spacial score (nSPS) is 19.0. The number of alkyl halides is 2. The van der Waals surface area contributed by atoms with Crippen molar-refractivity contribution in [3.63, 3.8) is 0 Å². The molecule has 0 saturated carbocycles. The van der Waals surface area contributed by atoms with E-state index >= 15 is 0 Å². The number of ether oxygens (including phenoxy) is 2. The van der Waals surface area contributed by atoms with Gasteiger partial charge in [0.1, 0.15) is 44.2 Å². The van der Waals surface area contributed by atoms with Crippen LogP contribution in [0.25, 0.3) is 0 Å². The Hall–Kier alpha value is -2.71. The number of amides is 1. The van der Waals surface area contributed by atoms with Crippen LogP contribution < -0.4 is 24.6 Å². The van der Waals surface area contributed by atoms with E-state index in [1.165, 1.54) is 27.5 Å². The van der Waals surface area contributed by atoms with Crippen molar-refractivity contribution >= 4 is 11.6 Å². The monoisotopic (exact) mass is 407 g/mol. The first-order valence-electron chi connectivity index (χ1n) is 9.66. The second kappa shape index (κ2) is 10.2. The van der Waals surface area contributed by atoms with Gasteiger partial charge in [0.2, 0.25) is 0 Å². The van der Waals surface area contributed by atoms with Crippen molar-refractivity contribution in [1.29, 1.82) is 0 Å². The summed E-state index contributed by atoms with van der Waals surface area (Å²) in [6.07, 6.45) is 0. The number of nitrogens with one attached hydrogen (secondary N) is 3. The summed E-state index contributed by atoms with van der Waals surface area (Å²) in [6.45, 7) is 2.38. The lowest BCUT2D eigenvalue weighted by Crippen LogP contribution is -3.28. The summed E-state index contributed by atoms with van der Waals surface area (Å²) in [5.41, 5.74) is 1.85. The minimum absolute atomic E-state index is 0.0691. The number of halogens is 2. The Morgan fingerprint density at radius 3 is 2.14 bits per heavy atom. The molecule has 0 spiro atoms. The van der Waals surface area contributed by atoms with Gasteiger partial charge >= 0.3 is 6.61 Å². The van der Waals surface area contributed by atoms with Crippen LogP contribution in [-0.4, -0.2) is 52.4 Å². The van der Waals surface area contributed by atoms with E-state index in [1.54, 1.807) is 19.2 Å². The number of piperazine rings is 1. The van der Waals surface area contributed by atoms with Crippen molar-refractivity contribution in [2.75, 3.05) is 45.2 Å². The molecule has 156 valence electrons. The Labute approximate surface area is 169 Å². The van der Waals surface area contributed by atoms with Crippen LogP contribution in [0.1, 0.15) is 5.56 Å². The smallest absolute Gasteiger partial charge is 0.387 e. The highest BCUT2D eigenvalue weighted by Crippen LogP contribution is 2.17. The Morgan fingerprint density at radius 1 is 0.966 bits per heavy atom. The van der Waals surface area contributed by atoms with Gasteiger partial charge in [0, 0.05) is 11.3 Å². The second-order valence-electron chi connectivity index (χ2n) is 7.15. The summed E-state index contributed by atoms with van der Waals surface area (Å²) < 4.78 is 33.8. The molecule has 1 aliphatic heterocycles. The summed E-state index contributed by atoms with van der Waals surface area (Å²) in [6, 6.07) is 14.1. The van der Waals surface area contributed by atoms with Gasteiger partial charge < -0.3 is 24.6 Å². The zero-order valence-corrected chi connectivity index (χ0v) is 16.4. The van der Waals surface area contributed by atoms with Crippen LogP contribution in [0, 0.1) is 0 Å². The molecule has 1 heterocycles. The summed E-state index contributed by atoms with van der Waals surface area (Å²) >= 11 is 0. The molecular formula is C21H27F2N3O3+2. The van der Waals surface area contributed by atoms with Crippen LogP contribution in [0.2, 0.25) is 0 Å². The number of benzene rings is 2. The Kier molecular flexibility index (Phi) is 7.37. The number of carbonyl (C=O) groups is 1. The van der Waals surface area contributed by atoms with Crippen LogP contribution in [-0.2, 0) is 11.3 Å². The maximum atomic E-state index is 12.3. The number of quaternary nitrogens is 2. The van der Waals surface area contributed by atoms with E-state index in [1.807, 2.05) is 12.1 Å². The van der Waals surface area contributed by atoms with Gasteiger partial charge in [-0.15, -0.1) is 0 Å². The molecule has 0 aromatic heterocycles. The maximum Gasteiger partial charge on any atom is 0.387 e. The predicted molar refractivity (Wildman–Crippen MR) is 105 cm³/mol. The summed E-state index contributed by atoms with van der Waals surface area (Å²) in [5, 5.41) is 2.81. The molecule has 3 rings (SSSR count). The van der Waals surface area contributed by atoms with Crippen molar-refractivity contribution in [2.45, 2.75) is 13.2 Å². The Bertz CT molecular complexity index is 777. The minimum Gasteiger partial charge on any atom is -0.497 e. The van der Waals surface area contributed by atoms with E-state index in [2.05, 4.69) is 22.2 Å². The van der Waals surface area contributed by atoms with Crippen LogP contribution in [0.4, 0.5) is 14.5 Å². The van der Waals surface area contributed by atoms with Gasteiger partial charge in [-0.1, -0.05) is 0 Å². The molecule has 1 amide bonds. The molecular weight excluding hydrogens is 380 g/mol. The van der Waals surface area contributed by atoms with E-state index in [0.717, 1.165) is 38.5 Å². The third-order valence-corrected chi connectivity index (χ3v) is 5.05. The third kappa shape index (κ3) is 6.69. The van der Waals surface area contributed by atoms with Crippen LogP contribution in [0.3, 0.4) is 0 Å². The fourth-order valence-corrected chi connectivity index (χ4v) is 3.49. The predicted octanol–water partition coefficient (Wildman–Crippen LogP) is 0.219. The maximum absolute atomic E-state index is 12.3. The lowest BCUT2D eigenvalue weighted by molar-refractivity contribution is -1.02. The van der Waals surface area contributed by atoms with Gasteiger partial charge in [-0.3, -0.25) is 4.79 Å². The third-order valence-electron chi connectivity index (χ3n) is 5.05. The second-order valence-corrected chi connectivity index (χ2v) is 7.15. The number of hydrogen-bond donors (Lipinski definition) is 3. The van der Waals surface area contributed by atoms with Gasteiger partial charge in [0.05, 0.1) is 7.11 Å². The number of hydrogen-bond acceptors (Lipinski definition) is 3. The highest BCUT2D eigenvalue weighted by Gasteiger charge is 2.24. The van der Waals surface area contributed by atoms with E-state index in [4.69, 9.17) is 4.74 Å². The average molecular weight is 407 g/mol. The fraction of sp³-hybridized carbons (Fsp3) is 0.381. The quantitative estimate of drug-likeness (QED) is 0.587. The molecule has 29 heavy (non-hydrogen) atoms. The van der Waals surface area contributed by atoms with Crippen LogP contribution in [0.15, 0.2) is 48.5 Å². The zero-order chi connectivity index (χ0) is 20.6. The minimum atomic E-state index is -2.86. The lowest BCUT2D eigenvalue weighted by atomic mass is 10.2. The molecule has 6 nitrogen and oxygen atoms in total. The van der Waals surface area contributed by atoms with E-state index in [0.29, 0.717) is 12.2 Å². The highest BCUT2D eigenvalue weighted by molar-refractivity contribution is 5.91. The first-order chi connectivity index (χ1) is 14.0. The highest BCUT2D eigenvalue weighted by atomic mass is 19.3. The molecule has 2 aromatic carbocycles.